The Kier molecular flexibility index (Phi) is 4.11. The molecular weight excluding hydrogens is 240 g/mol. The number of nitrogens with two attached hydrogens (primary N) is 1. The Labute approximate surface area is 94.0 Å². The van der Waals surface area contributed by atoms with E-state index in [9.17, 15) is 0 Å². The molecule has 0 amide bonds. The minimum atomic E-state index is 0.215. The number of rotatable bonds is 3. The minimum Gasteiger partial charge on any atom is -0.271 e. The van der Waals surface area contributed by atoms with Crippen LogP contribution in [0.1, 0.15) is 31.0 Å². The Bertz CT molecular complexity index is 310. The maximum absolute atomic E-state index is 5.56. The van der Waals surface area contributed by atoms with Gasteiger partial charge in [0.2, 0.25) is 0 Å². The smallest absolute Gasteiger partial charge is 0.0485 e. The van der Waals surface area contributed by atoms with Crippen molar-refractivity contribution in [3.05, 3.63) is 33.8 Å². The number of hydrogen-bond acceptors (Lipinski definition) is 2. The summed E-state index contributed by atoms with van der Waals surface area (Å²) in [7, 11) is 0. The van der Waals surface area contributed by atoms with Crippen molar-refractivity contribution < 1.29 is 0 Å². The summed E-state index contributed by atoms with van der Waals surface area (Å²) in [5.41, 5.74) is 5.39. The van der Waals surface area contributed by atoms with E-state index in [1.54, 1.807) is 0 Å². The highest BCUT2D eigenvalue weighted by molar-refractivity contribution is 9.10. The fourth-order valence-corrected chi connectivity index (χ4v) is 1.97. The molecule has 1 aromatic rings. The average Bonchev–Trinajstić information content (AvgIpc) is 2.11. The molecule has 0 saturated heterocycles. The van der Waals surface area contributed by atoms with Gasteiger partial charge in [0.25, 0.3) is 0 Å². The molecule has 3 heteroatoms. The number of halogens is 1. The van der Waals surface area contributed by atoms with E-state index in [0.717, 1.165) is 4.47 Å². The predicted molar refractivity (Wildman–Crippen MR) is 63.8 cm³/mol. The van der Waals surface area contributed by atoms with Gasteiger partial charge < -0.3 is 0 Å². The van der Waals surface area contributed by atoms with Crippen molar-refractivity contribution in [1.82, 2.24) is 5.43 Å². The molecule has 0 radical (unpaired) electrons. The van der Waals surface area contributed by atoms with Crippen LogP contribution < -0.4 is 11.3 Å². The van der Waals surface area contributed by atoms with Crippen LogP contribution in [0.2, 0.25) is 0 Å². The van der Waals surface area contributed by atoms with Gasteiger partial charge in [-0.15, -0.1) is 0 Å². The Morgan fingerprint density at radius 1 is 1.36 bits per heavy atom. The Balaban J connectivity index is 3.08. The maximum Gasteiger partial charge on any atom is 0.0485 e. The zero-order chi connectivity index (χ0) is 10.7. The van der Waals surface area contributed by atoms with Crippen molar-refractivity contribution in [3.63, 3.8) is 0 Å². The molecule has 1 rings (SSSR count). The van der Waals surface area contributed by atoms with Gasteiger partial charge in [-0.05, 0) is 36.1 Å². The van der Waals surface area contributed by atoms with Crippen molar-refractivity contribution >= 4 is 15.9 Å². The lowest BCUT2D eigenvalue weighted by molar-refractivity contribution is 0.419. The molecule has 78 valence electrons. The number of hydrogen-bond donors (Lipinski definition) is 2. The molecular formula is C11H17BrN2. The maximum atomic E-state index is 5.56. The van der Waals surface area contributed by atoms with E-state index in [1.807, 2.05) is 6.07 Å². The van der Waals surface area contributed by atoms with Gasteiger partial charge in [-0.2, -0.15) is 0 Å². The van der Waals surface area contributed by atoms with Crippen LogP contribution in [0.3, 0.4) is 0 Å². The molecule has 0 aliphatic heterocycles. The topological polar surface area (TPSA) is 38.0 Å². The van der Waals surface area contributed by atoms with Crippen LogP contribution in [0, 0.1) is 12.8 Å². The number of hydrazine groups is 1. The molecule has 0 bridgehead atoms. The molecule has 14 heavy (non-hydrogen) atoms. The Morgan fingerprint density at radius 3 is 2.50 bits per heavy atom. The zero-order valence-corrected chi connectivity index (χ0v) is 10.4. The molecule has 1 aromatic carbocycles. The molecule has 0 spiro atoms. The Hall–Kier alpha value is -0.380. The first-order chi connectivity index (χ1) is 6.56. The second-order valence-corrected chi connectivity index (χ2v) is 4.80. The van der Waals surface area contributed by atoms with E-state index in [1.165, 1.54) is 11.1 Å². The van der Waals surface area contributed by atoms with Crippen LogP contribution in [0.5, 0.6) is 0 Å². The predicted octanol–water partition coefficient (Wildman–Crippen LogP) is 2.92. The van der Waals surface area contributed by atoms with E-state index in [4.69, 9.17) is 5.84 Å². The summed E-state index contributed by atoms with van der Waals surface area (Å²) in [6, 6.07) is 6.49. The first-order valence-electron chi connectivity index (χ1n) is 4.78. The van der Waals surface area contributed by atoms with Gasteiger partial charge in [-0.25, -0.2) is 0 Å². The van der Waals surface area contributed by atoms with Gasteiger partial charge in [-0.1, -0.05) is 35.8 Å². The SMILES string of the molecule is Cc1ccc(Br)cc1C(NN)C(C)C. The monoisotopic (exact) mass is 256 g/mol. The third kappa shape index (κ3) is 2.56. The van der Waals surface area contributed by atoms with Gasteiger partial charge in [0.1, 0.15) is 0 Å². The van der Waals surface area contributed by atoms with Crippen LogP contribution in [-0.4, -0.2) is 0 Å². The second-order valence-electron chi connectivity index (χ2n) is 3.89. The highest BCUT2D eigenvalue weighted by atomic mass is 79.9. The van der Waals surface area contributed by atoms with Gasteiger partial charge in [0.15, 0.2) is 0 Å². The third-order valence-corrected chi connectivity index (χ3v) is 2.92. The molecule has 0 heterocycles. The number of aryl methyl sites for hydroxylation is 1. The van der Waals surface area contributed by atoms with E-state index >= 15 is 0 Å². The first-order valence-corrected chi connectivity index (χ1v) is 5.57. The minimum absolute atomic E-state index is 0.215. The van der Waals surface area contributed by atoms with Crippen LogP contribution >= 0.6 is 15.9 Å². The zero-order valence-electron chi connectivity index (χ0n) is 8.84. The van der Waals surface area contributed by atoms with Gasteiger partial charge >= 0.3 is 0 Å². The summed E-state index contributed by atoms with van der Waals surface area (Å²) in [6.07, 6.45) is 0. The van der Waals surface area contributed by atoms with Gasteiger partial charge in [-0.3, -0.25) is 11.3 Å². The molecule has 2 nitrogen and oxygen atoms in total. The Morgan fingerprint density at radius 2 is 2.00 bits per heavy atom. The summed E-state index contributed by atoms with van der Waals surface area (Å²) in [6.45, 7) is 6.42. The second kappa shape index (κ2) is 4.91. The lowest BCUT2D eigenvalue weighted by Crippen LogP contribution is -2.32. The molecule has 3 N–H and O–H groups in total. The average molecular weight is 257 g/mol. The molecule has 0 aliphatic carbocycles. The van der Waals surface area contributed by atoms with Crippen molar-refractivity contribution in [1.29, 1.82) is 0 Å². The normalized spacial score (nSPS) is 13.3. The first kappa shape index (κ1) is 11.7. The van der Waals surface area contributed by atoms with E-state index in [2.05, 4.69) is 54.3 Å². The summed E-state index contributed by atoms with van der Waals surface area (Å²) >= 11 is 3.47. The standard InChI is InChI=1S/C11H17BrN2/c1-7(2)11(14-13)10-6-9(12)5-4-8(10)3/h4-7,11,14H,13H2,1-3H3. The summed E-state index contributed by atoms with van der Waals surface area (Å²) < 4.78 is 1.10. The molecule has 0 saturated carbocycles. The largest absolute Gasteiger partial charge is 0.271 e. The molecule has 1 unspecified atom stereocenters. The summed E-state index contributed by atoms with van der Waals surface area (Å²) in [5, 5.41) is 0. The molecule has 0 aromatic heterocycles. The fourth-order valence-electron chi connectivity index (χ4n) is 1.59. The number of benzene rings is 1. The highest BCUT2D eigenvalue weighted by Crippen LogP contribution is 2.26. The van der Waals surface area contributed by atoms with Crippen LogP contribution in [0.4, 0.5) is 0 Å². The van der Waals surface area contributed by atoms with Crippen LogP contribution in [0.25, 0.3) is 0 Å². The van der Waals surface area contributed by atoms with Crippen LogP contribution in [-0.2, 0) is 0 Å². The van der Waals surface area contributed by atoms with Gasteiger partial charge in [0.05, 0.1) is 0 Å². The van der Waals surface area contributed by atoms with Crippen molar-refractivity contribution in [2.75, 3.05) is 0 Å². The summed E-state index contributed by atoms with van der Waals surface area (Å²) in [5.74, 6) is 6.04. The van der Waals surface area contributed by atoms with Gasteiger partial charge in [0, 0.05) is 10.5 Å². The summed E-state index contributed by atoms with van der Waals surface area (Å²) in [4.78, 5) is 0. The molecule has 1 atom stereocenters. The van der Waals surface area contributed by atoms with Crippen molar-refractivity contribution in [2.45, 2.75) is 26.8 Å². The van der Waals surface area contributed by atoms with E-state index in [0.29, 0.717) is 5.92 Å². The number of nitrogens with one attached hydrogen (secondary N) is 1. The fraction of sp³-hybridized carbons (Fsp3) is 0.455. The van der Waals surface area contributed by atoms with E-state index in [-0.39, 0.29) is 6.04 Å². The lowest BCUT2D eigenvalue weighted by Gasteiger charge is -2.22. The van der Waals surface area contributed by atoms with Crippen molar-refractivity contribution in [3.8, 4) is 0 Å². The molecule has 0 aliphatic rings. The highest BCUT2D eigenvalue weighted by Gasteiger charge is 2.15. The lowest BCUT2D eigenvalue weighted by atomic mass is 9.93. The van der Waals surface area contributed by atoms with E-state index < -0.39 is 0 Å². The molecule has 0 fully saturated rings. The quantitative estimate of drug-likeness (QED) is 0.645. The van der Waals surface area contributed by atoms with Crippen LogP contribution in [0.15, 0.2) is 22.7 Å². The third-order valence-electron chi connectivity index (χ3n) is 2.42. The van der Waals surface area contributed by atoms with Crippen molar-refractivity contribution in [2.24, 2.45) is 11.8 Å².